The fraction of sp³-hybridized carbons (Fsp3) is 0.0625. The SMILES string of the molecule is O=C(CCl)Oc1cccc(/C=C/c2cc(O)cc(O)c2)c1. The molecule has 0 aliphatic heterocycles. The van der Waals surface area contributed by atoms with Crippen molar-refractivity contribution in [2.24, 2.45) is 0 Å². The number of phenols is 2. The highest BCUT2D eigenvalue weighted by Gasteiger charge is 2.02. The summed E-state index contributed by atoms with van der Waals surface area (Å²) in [6.07, 6.45) is 3.49. The van der Waals surface area contributed by atoms with Crippen molar-refractivity contribution < 1.29 is 19.7 Å². The third-order valence-electron chi connectivity index (χ3n) is 2.59. The molecule has 21 heavy (non-hydrogen) atoms. The standard InChI is InChI=1S/C16H13ClO4/c17-10-16(20)21-15-3-1-2-11(8-15)4-5-12-6-13(18)9-14(19)7-12/h1-9,18-19H,10H2/b5-4+. The molecular formula is C16H13ClO4. The lowest BCUT2D eigenvalue weighted by Crippen LogP contribution is -2.08. The van der Waals surface area contributed by atoms with E-state index in [0.29, 0.717) is 11.3 Å². The zero-order valence-corrected chi connectivity index (χ0v) is 11.7. The molecule has 4 nitrogen and oxygen atoms in total. The molecule has 0 saturated carbocycles. The van der Waals surface area contributed by atoms with Gasteiger partial charge in [0.15, 0.2) is 0 Å². The van der Waals surface area contributed by atoms with Crippen molar-refractivity contribution in [2.75, 3.05) is 5.88 Å². The number of hydrogen-bond donors (Lipinski definition) is 2. The summed E-state index contributed by atoms with van der Waals surface area (Å²) in [4.78, 5) is 11.1. The summed E-state index contributed by atoms with van der Waals surface area (Å²) in [5, 5.41) is 18.8. The lowest BCUT2D eigenvalue weighted by atomic mass is 10.1. The summed E-state index contributed by atoms with van der Waals surface area (Å²) in [7, 11) is 0. The van der Waals surface area contributed by atoms with E-state index in [9.17, 15) is 15.0 Å². The van der Waals surface area contributed by atoms with Crippen molar-refractivity contribution >= 4 is 29.7 Å². The average molecular weight is 305 g/mol. The molecule has 2 aromatic carbocycles. The Morgan fingerprint density at radius 2 is 1.71 bits per heavy atom. The molecule has 0 saturated heterocycles. The van der Waals surface area contributed by atoms with Crippen molar-refractivity contribution in [1.29, 1.82) is 0 Å². The molecule has 2 aromatic rings. The quantitative estimate of drug-likeness (QED) is 0.393. The van der Waals surface area contributed by atoms with Gasteiger partial charge >= 0.3 is 5.97 Å². The number of ether oxygens (including phenoxy) is 1. The number of rotatable bonds is 4. The van der Waals surface area contributed by atoms with Crippen LogP contribution < -0.4 is 4.74 Å². The number of hydrogen-bond acceptors (Lipinski definition) is 4. The molecule has 108 valence electrons. The van der Waals surface area contributed by atoms with Crippen LogP contribution in [-0.4, -0.2) is 22.1 Å². The van der Waals surface area contributed by atoms with E-state index < -0.39 is 5.97 Å². The summed E-state index contributed by atoms with van der Waals surface area (Å²) < 4.78 is 5.01. The topological polar surface area (TPSA) is 66.8 Å². The summed E-state index contributed by atoms with van der Waals surface area (Å²) in [5.41, 5.74) is 1.45. The van der Waals surface area contributed by atoms with E-state index in [1.54, 1.807) is 30.4 Å². The molecule has 2 N–H and O–H groups in total. The lowest BCUT2D eigenvalue weighted by Gasteiger charge is -2.03. The number of aromatic hydroxyl groups is 2. The average Bonchev–Trinajstić information content (AvgIpc) is 2.44. The number of phenolic OH excluding ortho intramolecular Hbond substituents is 2. The number of alkyl halides is 1. The van der Waals surface area contributed by atoms with Gasteiger partial charge in [-0.05, 0) is 35.4 Å². The highest BCUT2D eigenvalue weighted by molar-refractivity contribution is 6.26. The minimum absolute atomic E-state index is 0.0144. The van der Waals surface area contributed by atoms with Crippen molar-refractivity contribution in [1.82, 2.24) is 0 Å². The van der Waals surface area contributed by atoms with Crippen LogP contribution in [0.1, 0.15) is 11.1 Å². The third kappa shape index (κ3) is 4.54. The van der Waals surface area contributed by atoms with E-state index in [1.165, 1.54) is 18.2 Å². The van der Waals surface area contributed by atoms with Gasteiger partial charge in [-0.3, -0.25) is 4.79 Å². The van der Waals surface area contributed by atoms with Gasteiger partial charge in [-0.1, -0.05) is 24.3 Å². The largest absolute Gasteiger partial charge is 0.508 e. The van der Waals surface area contributed by atoms with E-state index in [0.717, 1.165) is 5.56 Å². The molecule has 5 heteroatoms. The Labute approximate surface area is 126 Å². The smallest absolute Gasteiger partial charge is 0.326 e. The first-order valence-electron chi connectivity index (χ1n) is 6.14. The third-order valence-corrected chi connectivity index (χ3v) is 2.81. The molecule has 0 amide bonds. The van der Waals surface area contributed by atoms with Crippen LogP contribution in [0.5, 0.6) is 17.2 Å². The Bertz CT molecular complexity index is 659. The molecule has 2 rings (SSSR count). The summed E-state index contributed by atoms with van der Waals surface area (Å²) in [6, 6.07) is 11.2. The first-order chi connectivity index (χ1) is 10.1. The first-order valence-corrected chi connectivity index (χ1v) is 6.68. The van der Waals surface area contributed by atoms with Crippen LogP contribution in [0.15, 0.2) is 42.5 Å². The van der Waals surface area contributed by atoms with E-state index in [-0.39, 0.29) is 17.4 Å². The van der Waals surface area contributed by atoms with Crippen molar-refractivity contribution in [3.05, 3.63) is 53.6 Å². The van der Waals surface area contributed by atoms with Crippen LogP contribution in [0.3, 0.4) is 0 Å². The predicted molar refractivity (Wildman–Crippen MR) is 81.5 cm³/mol. The van der Waals surface area contributed by atoms with Gasteiger partial charge in [0, 0.05) is 6.07 Å². The minimum Gasteiger partial charge on any atom is -0.508 e. The van der Waals surface area contributed by atoms with E-state index in [1.807, 2.05) is 6.07 Å². The summed E-state index contributed by atoms with van der Waals surface area (Å²) >= 11 is 5.38. The molecule has 0 atom stereocenters. The number of carbonyl (C=O) groups excluding carboxylic acids is 1. The number of halogens is 1. The molecule has 0 radical (unpaired) electrons. The van der Waals surface area contributed by atoms with Gasteiger partial charge in [0.1, 0.15) is 23.1 Å². The van der Waals surface area contributed by atoms with Gasteiger partial charge in [0.2, 0.25) is 0 Å². The Morgan fingerprint density at radius 3 is 2.38 bits per heavy atom. The molecule has 0 fully saturated rings. The van der Waals surface area contributed by atoms with Gasteiger partial charge in [-0.25, -0.2) is 0 Å². The zero-order chi connectivity index (χ0) is 15.2. The summed E-state index contributed by atoms with van der Waals surface area (Å²) in [6.45, 7) is 0. The second-order valence-corrected chi connectivity index (χ2v) is 4.56. The van der Waals surface area contributed by atoms with Crippen molar-refractivity contribution in [3.63, 3.8) is 0 Å². The normalized spacial score (nSPS) is 10.7. The van der Waals surface area contributed by atoms with Crippen LogP contribution in [0.2, 0.25) is 0 Å². The Balaban J connectivity index is 2.17. The maximum absolute atomic E-state index is 11.1. The fourth-order valence-electron chi connectivity index (χ4n) is 1.75. The molecular weight excluding hydrogens is 292 g/mol. The highest BCUT2D eigenvalue weighted by atomic mass is 35.5. The van der Waals surface area contributed by atoms with Gasteiger partial charge in [-0.15, -0.1) is 11.6 Å². The number of benzene rings is 2. The van der Waals surface area contributed by atoms with E-state index >= 15 is 0 Å². The molecule has 0 unspecified atom stereocenters. The molecule has 0 aromatic heterocycles. The van der Waals surface area contributed by atoms with Crippen LogP contribution >= 0.6 is 11.6 Å². The lowest BCUT2D eigenvalue weighted by molar-refractivity contribution is -0.131. The van der Waals surface area contributed by atoms with Gasteiger partial charge in [-0.2, -0.15) is 0 Å². The number of esters is 1. The predicted octanol–water partition coefficient (Wildman–Crippen LogP) is 3.41. The first kappa shape index (κ1) is 14.9. The molecule has 0 spiro atoms. The Hall–Kier alpha value is -2.46. The maximum Gasteiger partial charge on any atom is 0.326 e. The van der Waals surface area contributed by atoms with Gasteiger partial charge < -0.3 is 14.9 Å². The van der Waals surface area contributed by atoms with Crippen LogP contribution in [-0.2, 0) is 4.79 Å². The molecule has 0 aliphatic carbocycles. The summed E-state index contributed by atoms with van der Waals surface area (Å²) in [5.74, 6) is -0.348. The van der Waals surface area contributed by atoms with Gasteiger partial charge in [0.05, 0.1) is 0 Å². The van der Waals surface area contributed by atoms with E-state index in [4.69, 9.17) is 16.3 Å². The van der Waals surface area contributed by atoms with Crippen molar-refractivity contribution in [2.45, 2.75) is 0 Å². The monoisotopic (exact) mass is 304 g/mol. The fourth-order valence-corrected chi connectivity index (χ4v) is 1.80. The minimum atomic E-state index is -0.518. The highest BCUT2D eigenvalue weighted by Crippen LogP contribution is 2.22. The Morgan fingerprint density at radius 1 is 1.05 bits per heavy atom. The zero-order valence-electron chi connectivity index (χ0n) is 11.0. The van der Waals surface area contributed by atoms with Crippen molar-refractivity contribution in [3.8, 4) is 17.2 Å². The molecule has 0 aliphatic rings. The molecule has 0 bridgehead atoms. The van der Waals surface area contributed by atoms with Crippen LogP contribution in [0, 0.1) is 0 Å². The van der Waals surface area contributed by atoms with Crippen LogP contribution in [0.4, 0.5) is 0 Å². The van der Waals surface area contributed by atoms with E-state index in [2.05, 4.69) is 0 Å². The Kier molecular flexibility index (Phi) is 4.85. The molecule has 0 heterocycles. The second-order valence-electron chi connectivity index (χ2n) is 4.30. The number of carbonyl (C=O) groups is 1. The maximum atomic E-state index is 11.1. The van der Waals surface area contributed by atoms with Crippen LogP contribution in [0.25, 0.3) is 12.2 Å². The second kappa shape index (κ2) is 6.81. The van der Waals surface area contributed by atoms with Gasteiger partial charge in [0.25, 0.3) is 0 Å².